The highest BCUT2D eigenvalue weighted by molar-refractivity contribution is 7.89. The van der Waals surface area contributed by atoms with Gasteiger partial charge in [0.1, 0.15) is 5.75 Å². The van der Waals surface area contributed by atoms with E-state index in [2.05, 4.69) is 6.92 Å². The molecule has 3 atom stereocenters. The Balaban J connectivity index is 1.86. The van der Waals surface area contributed by atoms with Crippen molar-refractivity contribution < 1.29 is 17.9 Å². The van der Waals surface area contributed by atoms with Crippen LogP contribution < -0.4 is 4.74 Å². The Labute approximate surface area is 162 Å². The van der Waals surface area contributed by atoms with Gasteiger partial charge in [-0.2, -0.15) is 4.31 Å². The topological polar surface area (TPSA) is 66.9 Å². The summed E-state index contributed by atoms with van der Waals surface area (Å²) < 4.78 is 33.0. The summed E-state index contributed by atoms with van der Waals surface area (Å²) in [5.74, 6) is 0.455. The zero-order valence-corrected chi connectivity index (χ0v) is 17.5. The minimum Gasteiger partial charge on any atom is -0.480 e. The normalized spacial score (nSPS) is 25.4. The van der Waals surface area contributed by atoms with Crippen molar-refractivity contribution >= 4 is 15.9 Å². The van der Waals surface area contributed by atoms with Crippen LogP contribution in [0.5, 0.6) is 5.75 Å². The largest absolute Gasteiger partial charge is 0.480 e. The minimum absolute atomic E-state index is 0.0130. The van der Waals surface area contributed by atoms with Gasteiger partial charge in [-0.1, -0.05) is 20.8 Å². The molecule has 0 saturated carbocycles. The third-order valence-electron chi connectivity index (χ3n) is 5.85. The van der Waals surface area contributed by atoms with Crippen molar-refractivity contribution in [3.63, 3.8) is 0 Å². The first-order valence-corrected chi connectivity index (χ1v) is 11.4. The van der Waals surface area contributed by atoms with Crippen LogP contribution in [0.15, 0.2) is 23.1 Å². The van der Waals surface area contributed by atoms with Crippen LogP contribution in [0.25, 0.3) is 0 Å². The molecule has 0 aliphatic carbocycles. The van der Waals surface area contributed by atoms with E-state index < -0.39 is 16.1 Å². The number of benzene rings is 1. The SMILES string of the molecule is CCN(CC)S(=O)(=O)c1ccc2c(c1)C(C)C(C(=O)N1CCCCC1C)O2. The maximum Gasteiger partial charge on any atom is 0.264 e. The summed E-state index contributed by atoms with van der Waals surface area (Å²) in [5.41, 5.74) is 0.797. The van der Waals surface area contributed by atoms with Gasteiger partial charge in [0.15, 0.2) is 6.10 Å². The van der Waals surface area contributed by atoms with E-state index in [0.29, 0.717) is 18.8 Å². The van der Waals surface area contributed by atoms with Crippen LogP contribution in [0.4, 0.5) is 0 Å². The summed E-state index contributed by atoms with van der Waals surface area (Å²) in [4.78, 5) is 15.2. The second kappa shape index (κ2) is 7.80. The first-order valence-electron chi connectivity index (χ1n) is 9.92. The monoisotopic (exact) mass is 394 g/mol. The van der Waals surface area contributed by atoms with Gasteiger partial charge in [0.05, 0.1) is 4.90 Å². The maximum absolute atomic E-state index is 13.0. The molecule has 7 heteroatoms. The lowest BCUT2D eigenvalue weighted by Crippen LogP contribution is -2.48. The summed E-state index contributed by atoms with van der Waals surface area (Å²) in [7, 11) is -3.53. The molecule has 2 aliphatic rings. The van der Waals surface area contributed by atoms with Crippen molar-refractivity contribution in [2.75, 3.05) is 19.6 Å². The highest BCUT2D eigenvalue weighted by Crippen LogP contribution is 2.40. The second-order valence-electron chi connectivity index (χ2n) is 7.49. The van der Waals surface area contributed by atoms with Crippen molar-refractivity contribution in [1.29, 1.82) is 0 Å². The third kappa shape index (κ3) is 3.59. The Morgan fingerprint density at radius 1 is 1.22 bits per heavy atom. The van der Waals surface area contributed by atoms with Crippen molar-refractivity contribution in [2.45, 2.75) is 69.9 Å². The molecule has 150 valence electrons. The van der Waals surface area contributed by atoms with E-state index in [1.807, 2.05) is 25.7 Å². The van der Waals surface area contributed by atoms with Crippen molar-refractivity contribution in [1.82, 2.24) is 9.21 Å². The Bertz CT molecular complexity index is 804. The van der Waals surface area contributed by atoms with Gasteiger partial charge in [-0.25, -0.2) is 8.42 Å². The van der Waals surface area contributed by atoms with E-state index in [9.17, 15) is 13.2 Å². The fourth-order valence-electron chi connectivity index (χ4n) is 4.12. The Morgan fingerprint density at radius 2 is 1.93 bits per heavy atom. The lowest BCUT2D eigenvalue weighted by atomic mass is 9.95. The molecular formula is C20H30N2O4S. The number of piperidine rings is 1. The molecule has 1 amide bonds. The van der Waals surface area contributed by atoms with E-state index in [0.717, 1.165) is 31.4 Å². The van der Waals surface area contributed by atoms with Crippen LogP contribution in [0, 0.1) is 0 Å². The minimum atomic E-state index is -3.53. The van der Waals surface area contributed by atoms with Crippen molar-refractivity contribution in [3.8, 4) is 5.75 Å². The van der Waals surface area contributed by atoms with E-state index in [1.54, 1.807) is 18.2 Å². The number of rotatable bonds is 5. The van der Waals surface area contributed by atoms with Gasteiger partial charge in [-0.15, -0.1) is 0 Å². The van der Waals surface area contributed by atoms with Crippen LogP contribution >= 0.6 is 0 Å². The number of hydrogen-bond donors (Lipinski definition) is 0. The highest BCUT2D eigenvalue weighted by atomic mass is 32.2. The van der Waals surface area contributed by atoms with E-state index in [-0.39, 0.29) is 22.8 Å². The zero-order valence-electron chi connectivity index (χ0n) is 16.6. The van der Waals surface area contributed by atoms with Gasteiger partial charge in [0, 0.05) is 37.2 Å². The van der Waals surface area contributed by atoms with Crippen LogP contribution in [0.2, 0.25) is 0 Å². The number of carbonyl (C=O) groups is 1. The zero-order chi connectivity index (χ0) is 19.8. The predicted octanol–water partition coefficient (Wildman–Crippen LogP) is 2.98. The first-order chi connectivity index (χ1) is 12.8. The number of amides is 1. The molecule has 6 nitrogen and oxygen atoms in total. The van der Waals surface area contributed by atoms with Gasteiger partial charge in [0.25, 0.3) is 5.91 Å². The molecule has 1 fully saturated rings. The van der Waals surface area contributed by atoms with Crippen molar-refractivity contribution in [2.24, 2.45) is 0 Å². The number of ether oxygens (including phenoxy) is 1. The molecule has 3 unspecified atom stereocenters. The molecule has 0 N–H and O–H groups in total. The van der Waals surface area contributed by atoms with Gasteiger partial charge < -0.3 is 9.64 Å². The standard InChI is InChI=1S/C20H30N2O4S/c1-5-21(6-2)27(24,25)16-10-11-18-17(13-16)15(4)19(26-18)20(23)22-12-8-7-9-14(22)3/h10-11,13-15,19H,5-9,12H2,1-4H3. The molecule has 3 rings (SSSR count). The molecule has 2 aliphatic heterocycles. The van der Waals surface area contributed by atoms with Gasteiger partial charge in [0.2, 0.25) is 10.0 Å². The number of sulfonamides is 1. The quantitative estimate of drug-likeness (QED) is 0.770. The maximum atomic E-state index is 13.0. The van der Waals surface area contributed by atoms with E-state index >= 15 is 0 Å². The van der Waals surface area contributed by atoms with Crippen LogP contribution in [-0.2, 0) is 14.8 Å². The smallest absolute Gasteiger partial charge is 0.264 e. The molecular weight excluding hydrogens is 364 g/mol. The summed E-state index contributed by atoms with van der Waals surface area (Å²) in [6, 6.07) is 5.18. The van der Waals surface area contributed by atoms with E-state index in [4.69, 9.17) is 4.74 Å². The predicted molar refractivity (Wildman–Crippen MR) is 104 cm³/mol. The summed E-state index contributed by atoms with van der Waals surface area (Å²) in [6.45, 7) is 9.30. The van der Waals surface area contributed by atoms with Crippen LogP contribution in [-0.4, -0.2) is 55.3 Å². The van der Waals surface area contributed by atoms with Crippen molar-refractivity contribution in [3.05, 3.63) is 23.8 Å². The molecule has 1 aromatic carbocycles. The molecule has 1 aromatic rings. The number of carbonyl (C=O) groups excluding carboxylic acids is 1. The van der Waals surface area contributed by atoms with Gasteiger partial charge >= 0.3 is 0 Å². The number of nitrogens with zero attached hydrogens (tertiary/aromatic N) is 2. The highest BCUT2D eigenvalue weighted by Gasteiger charge is 2.41. The third-order valence-corrected chi connectivity index (χ3v) is 7.90. The number of fused-ring (bicyclic) bond motifs is 1. The summed E-state index contributed by atoms with van der Waals surface area (Å²) in [6.07, 6.45) is 2.62. The van der Waals surface area contributed by atoms with Crippen LogP contribution in [0.3, 0.4) is 0 Å². The number of hydrogen-bond acceptors (Lipinski definition) is 4. The fraction of sp³-hybridized carbons (Fsp3) is 0.650. The fourth-order valence-corrected chi connectivity index (χ4v) is 5.61. The van der Waals surface area contributed by atoms with Gasteiger partial charge in [-0.05, 0) is 44.4 Å². The molecule has 1 saturated heterocycles. The van der Waals surface area contributed by atoms with Crippen LogP contribution in [0.1, 0.15) is 58.4 Å². The lowest BCUT2D eigenvalue weighted by molar-refractivity contribution is -0.142. The average Bonchev–Trinajstić information content (AvgIpc) is 2.98. The molecule has 27 heavy (non-hydrogen) atoms. The summed E-state index contributed by atoms with van der Waals surface area (Å²) >= 11 is 0. The van der Waals surface area contributed by atoms with E-state index in [1.165, 1.54) is 4.31 Å². The molecule has 2 heterocycles. The Hall–Kier alpha value is -1.60. The Kier molecular flexibility index (Phi) is 5.82. The Morgan fingerprint density at radius 3 is 2.56 bits per heavy atom. The second-order valence-corrected chi connectivity index (χ2v) is 9.43. The molecule has 0 aromatic heterocycles. The lowest BCUT2D eigenvalue weighted by Gasteiger charge is -2.35. The number of likely N-dealkylation sites (tertiary alicyclic amines) is 1. The van der Waals surface area contributed by atoms with Gasteiger partial charge in [-0.3, -0.25) is 4.79 Å². The average molecular weight is 395 g/mol. The molecule has 0 radical (unpaired) electrons. The first kappa shape index (κ1) is 20.1. The molecule has 0 spiro atoms. The molecule has 0 bridgehead atoms. The summed E-state index contributed by atoms with van der Waals surface area (Å²) in [5, 5.41) is 0.